The second-order valence-electron chi connectivity index (χ2n) is 6.48. The average molecular weight is 395 g/mol. The number of ether oxygens (including phenoxy) is 1. The second kappa shape index (κ2) is 8.04. The summed E-state index contributed by atoms with van der Waals surface area (Å²) in [6.07, 6.45) is -1.91. The number of carbonyl (C=O) groups excluding carboxylic acids is 1. The topological polar surface area (TPSA) is 75.5 Å². The van der Waals surface area contributed by atoms with E-state index in [4.69, 9.17) is 4.74 Å². The van der Waals surface area contributed by atoms with Gasteiger partial charge in [0.2, 0.25) is 5.95 Å². The van der Waals surface area contributed by atoms with E-state index in [0.29, 0.717) is 38.5 Å². The van der Waals surface area contributed by atoms with Crippen LogP contribution in [-0.4, -0.2) is 40.7 Å². The van der Waals surface area contributed by atoms with Gasteiger partial charge < -0.3 is 14.7 Å². The number of esters is 1. The maximum Gasteiger partial charge on any atom is 0.416 e. The minimum absolute atomic E-state index is 0.0140. The van der Waals surface area contributed by atoms with Gasteiger partial charge in [-0.25, -0.2) is 9.97 Å². The van der Waals surface area contributed by atoms with Crippen LogP contribution < -0.4 is 4.90 Å². The molecule has 0 atom stereocenters. The van der Waals surface area contributed by atoms with Gasteiger partial charge in [0.15, 0.2) is 0 Å². The molecule has 150 valence electrons. The third-order valence-corrected chi connectivity index (χ3v) is 4.64. The number of aromatic hydroxyl groups is 1. The zero-order valence-corrected chi connectivity index (χ0v) is 15.2. The van der Waals surface area contributed by atoms with Crippen LogP contribution in [0.1, 0.15) is 25.3 Å². The molecule has 0 spiro atoms. The molecule has 2 heterocycles. The molecular weight excluding hydrogens is 375 g/mol. The lowest BCUT2D eigenvalue weighted by molar-refractivity contribution is -0.148. The number of piperidine rings is 1. The van der Waals surface area contributed by atoms with E-state index in [2.05, 4.69) is 9.97 Å². The predicted octanol–water partition coefficient (Wildman–Crippen LogP) is 3.65. The van der Waals surface area contributed by atoms with Gasteiger partial charge in [-0.1, -0.05) is 0 Å². The molecule has 1 aliphatic rings. The first kappa shape index (κ1) is 19.9. The predicted molar refractivity (Wildman–Crippen MR) is 95.7 cm³/mol. The lowest BCUT2D eigenvalue weighted by Crippen LogP contribution is -2.37. The summed E-state index contributed by atoms with van der Waals surface area (Å²) >= 11 is 0. The lowest BCUT2D eigenvalue weighted by Gasteiger charge is -2.30. The van der Waals surface area contributed by atoms with Crippen LogP contribution in [0.5, 0.6) is 5.75 Å². The van der Waals surface area contributed by atoms with Gasteiger partial charge >= 0.3 is 12.1 Å². The number of rotatable bonds is 4. The number of phenolic OH excluding ortho intramolecular Hbond substituents is 1. The van der Waals surface area contributed by atoms with Crippen molar-refractivity contribution in [3.8, 4) is 17.0 Å². The first-order valence-electron chi connectivity index (χ1n) is 8.94. The van der Waals surface area contributed by atoms with Crippen molar-refractivity contribution >= 4 is 11.9 Å². The highest BCUT2D eigenvalue weighted by atomic mass is 19.4. The highest BCUT2D eigenvalue weighted by Gasteiger charge is 2.31. The van der Waals surface area contributed by atoms with E-state index in [1.807, 2.05) is 4.90 Å². The minimum Gasteiger partial charge on any atom is -0.507 e. The van der Waals surface area contributed by atoms with Crippen molar-refractivity contribution in [2.45, 2.75) is 25.9 Å². The number of halogens is 3. The number of alkyl halides is 3. The standard InChI is InChI=1S/C19H20F3N3O3/c1-2-28-17(27)12-6-9-25(10-7-12)18-23-8-5-15(24-18)14-11-13(19(20,21)22)3-4-16(14)26/h3-5,8,11-12,26H,2,6-7,9-10H2,1H3. The molecule has 0 radical (unpaired) electrons. The van der Waals surface area contributed by atoms with Crippen molar-refractivity contribution in [1.29, 1.82) is 0 Å². The van der Waals surface area contributed by atoms with Gasteiger partial charge in [-0.3, -0.25) is 4.79 Å². The summed E-state index contributed by atoms with van der Waals surface area (Å²) in [6.45, 7) is 3.16. The number of benzene rings is 1. The van der Waals surface area contributed by atoms with Crippen molar-refractivity contribution in [3.63, 3.8) is 0 Å². The van der Waals surface area contributed by atoms with Crippen molar-refractivity contribution in [2.75, 3.05) is 24.6 Å². The van der Waals surface area contributed by atoms with Crippen LogP contribution in [0.2, 0.25) is 0 Å². The van der Waals surface area contributed by atoms with Gasteiger partial charge in [-0.05, 0) is 44.0 Å². The zero-order chi connectivity index (χ0) is 20.3. The number of hydrogen-bond acceptors (Lipinski definition) is 6. The van der Waals surface area contributed by atoms with E-state index in [9.17, 15) is 23.1 Å². The fraction of sp³-hybridized carbons (Fsp3) is 0.421. The molecule has 0 amide bonds. The lowest BCUT2D eigenvalue weighted by atomic mass is 9.97. The van der Waals surface area contributed by atoms with E-state index in [1.54, 1.807) is 6.92 Å². The van der Waals surface area contributed by atoms with Crippen molar-refractivity contribution in [2.24, 2.45) is 5.92 Å². The summed E-state index contributed by atoms with van der Waals surface area (Å²) in [7, 11) is 0. The number of carbonyl (C=O) groups is 1. The maximum atomic E-state index is 13.0. The molecule has 28 heavy (non-hydrogen) atoms. The highest BCUT2D eigenvalue weighted by molar-refractivity contribution is 5.73. The summed E-state index contributed by atoms with van der Waals surface area (Å²) in [5, 5.41) is 10.0. The molecule has 1 fully saturated rings. The summed E-state index contributed by atoms with van der Waals surface area (Å²) in [6, 6.07) is 4.14. The summed E-state index contributed by atoms with van der Waals surface area (Å²) in [5.74, 6) is -0.340. The molecule has 1 aliphatic heterocycles. The third kappa shape index (κ3) is 4.35. The first-order valence-corrected chi connectivity index (χ1v) is 8.94. The number of hydrogen-bond donors (Lipinski definition) is 1. The molecular formula is C19H20F3N3O3. The third-order valence-electron chi connectivity index (χ3n) is 4.64. The van der Waals surface area contributed by atoms with Gasteiger partial charge in [-0.15, -0.1) is 0 Å². The molecule has 6 nitrogen and oxygen atoms in total. The van der Waals surface area contributed by atoms with Crippen molar-refractivity contribution < 1.29 is 27.8 Å². The summed E-state index contributed by atoms with van der Waals surface area (Å²) in [4.78, 5) is 22.2. The molecule has 3 rings (SSSR count). The summed E-state index contributed by atoms with van der Waals surface area (Å²) < 4.78 is 44.0. The van der Waals surface area contributed by atoms with Gasteiger partial charge in [0.25, 0.3) is 0 Å². The molecule has 1 N–H and O–H groups in total. The Morgan fingerprint density at radius 2 is 2.00 bits per heavy atom. The van der Waals surface area contributed by atoms with Gasteiger partial charge in [-0.2, -0.15) is 13.2 Å². The molecule has 2 aromatic rings. The normalized spacial score (nSPS) is 15.5. The van der Waals surface area contributed by atoms with Crippen LogP contribution >= 0.6 is 0 Å². The van der Waals surface area contributed by atoms with Crippen LogP contribution in [0, 0.1) is 5.92 Å². The molecule has 1 aromatic carbocycles. The smallest absolute Gasteiger partial charge is 0.416 e. The average Bonchev–Trinajstić information content (AvgIpc) is 2.68. The Hall–Kier alpha value is -2.84. The monoisotopic (exact) mass is 395 g/mol. The van der Waals surface area contributed by atoms with Crippen LogP contribution in [0.4, 0.5) is 19.1 Å². The van der Waals surface area contributed by atoms with E-state index in [0.717, 1.165) is 18.2 Å². The molecule has 1 saturated heterocycles. The number of anilines is 1. The van der Waals surface area contributed by atoms with Crippen LogP contribution in [0.15, 0.2) is 30.5 Å². The van der Waals surface area contributed by atoms with Crippen LogP contribution in [0.25, 0.3) is 11.3 Å². The van der Waals surface area contributed by atoms with Crippen LogP contribution in [-0.2, 0) is 15.7 Å². The highest BCUT2D eigenvalue weighted by Crippen LogP contribution is 2.36. The van der Waals surface area contributed by atoms with Gasteiger partial charge in [0.05, 0.1) is 23.8 Å². The minimum atomic E-state index is -4.52. The molecule has 9 heteroatoms. The SMILES string of the molecule is CCOC(=O)C1CCN(c2nccc(-c3cc(C(F)(F)F)ccc3O)n2)CC1. The van der Waals surface area contributed by atoms with Crippen molar-refractivity contribution in [1.82, 2.24) is 9.97 Å². The Kier molecular flexibility index (Phi) is 5.71. The molecule has 0 bridgehead atoms. The fourth-order valence-corrected chi connectivity index (χ4v) is 3.14. The van der Waals surface area contributed by atoms with E-state index in [-0.39, 0.29) is 28.9 Å². The molecule has 0 unspecified atom stereocenters. The van der Waals surface area contributed by atoms with E-state index in [1.165, 1.54) is 12.3 Å². The number of aromatic nitrogens is 2. The zero-order valence-electron chi connectivity index (χ0n) is 15.2. The number of phenols is 1. The van der Waals surface area contributed by atoms with Gasteiger partial charge in [0.1, 0.15) is 5.75 Å². The Balaban J connectivity index is 1.80. The molecule has 0 saturated carbocycles. The Bertz CT molecular complexity index is 850. The second-order valence-corrected chi connectivity index (χ2v) is 6.48. The van der Waals surface area contributed by atoms with Gasteiger partial charge in [0, 0.05) is 24.8 Å². The Morgan fingerprint density at radius 1 is 1.29 bits per heavy atom. The quantitative estimate of drug-likeness (QED) is 0.797. The molecule has 0 aliphatic carbocycles. The largest absolute Gasteiger partial charge is 0.507 e. The molecule has 1 aromatic heterocycles. The Labute approximate surface area is 160 Å². The fourth-order valence-electron chi connectivity index (χ4n) is 3.14. The number of nitrogens with zero attached hydrogens (tertiary/aromatic N) is 3. The first-order chi connectivity index (χ1) is 13.3. The van der Waals surface area contributed by atoms with E-state index < -0.39 is 11.7 Å². The van der Waals surface area contributed by atoms with Crippen LogP contribution in [0.3, 0.4) is 0 Å². The summed E-state index contributed by atoms with van der Waals surface area (Å²) in [5.41, 5.74) is -0.684. The maximum absolute atomic E-state index is 13.0. The Morgan fingerprint density at radius 3 is 2.64 bits per heavy atom. The van der Waals surface area contributed by atoms with Crippen molar-refractivity contribution in [3.05, 3.63) is 36.0 Å². The van der Waals surface area contributed by atoms with E-state index >= 15 is 0 Å².